The average molecular weight is 461 g/mol. The lowest BCUT2D eigenvalue weighted by Crippen LogP contribution is -2.21. The van der Waals surface area contributed by atoms with Gasteiger partial charge in [-0.3, -0.25) is 4.79 Å². The van der Waals surface area contributed by atoms with E-state index in [0.717, 1.165) is 42.3 Å². The molecule has 0 saturated carbocycles. The Balaban J connectivity index is 1.32. The van der Waals surface area contributed by atoms with Crippen LogP contribution in [0.2, 0.25) is 0 Å². The van der Waals surface area contributed by atoms with Gasteiger partial charge in [0.15, 0.2) is 0 Å². The van der Waals surface area contributed by atoms with Crippen LogP contribution in [0.3, 0.4) is 0 Å². The quantitative estimate of drug-likeness (QED) is 0.248. The topological polar surface area (TPSA) is 59.6 Å². The largest absolute Gasteiger partial charge is 0.494 e. The molecule has 0 unspecified atom stereocenters. The summed E-state index contributed by atoms with van der Waals surface area (Å²) in [5.74, 6) is 1.54. The fraction of sp³-hybridized carbons (Fsp3) is 0.345. The van der Waals surface area contributed by atoms with Gasteiger partial charge in [0.1, 0.15) is 11.5 Å². The number of carbonyl (C=O) groups is 1. The predicted octanol–water partition coefficient (Wildman–Crippen LogP) is 6.71. The molecule has 0 aromatic heterocycles. The van der Waals surface area contributed by atoms with Gasteiger partial charge in [-0.15, -0.1) is 0 Å². The summed E-state index contributed by atoms with van der Waals surface area (Å²) in [5, 5.41) is 6.04. The van der Waals surface area contributed by atoms with Gasteiger partial charge in [0.25, 0.3) is 0 Å². The van der Waals surface area contributed by atoms with Crippen molar-refractivity contribution in [1.82, 2.24) is 0 Å². The van der Waals surface area contributed by atoms with Crippen molar-refractivity contribution in [3.05, 3.63) is 84.4 Å². The highest BCUT2D eigenvalue weighted by molar-refractivity contribution is 5.93. The third kappa shape index (κ3) is 9.57. The van der Waals surface area contributed by atoms with E-state index in [9.17, 15) is 4.79 Å². The van der Waals surface area contributed by atoms with Crippen LogP contribution in [0.5, 0.6) is 11.5 Å². The van der Waals surface area contributed by atoms with E-state index in [1.165, 1.54) is 31.2 Å². The third-order valence-corrected chi connectivity index (χ3v) is 5.46. The molecule has 0 saturated heterocycles. The number of hydrogen-bond acceptors (Lipinski definition) is 4. The van der Waals surface area contributed by atoms with Crippen LogP contribution >= 0.6 is 0 Å². The number of hydrogen-bond donors (Lipinski definition) is 2. The number of nitrogens with one attached hydrogen (secondary N) is 2. The van der Waals surface area contributed by atoms with Crippen LogP contribution in [0.25, 0.3) is 0 Å². The second-order valence-electron chi connectivity index (χ2n) is 8.30. The Bertz CT molecular complexity index is 957. The minimum atomic E-state index is -0.104. The van der Waals surface area contributed by atoms with Gasteiger partial charge in [-0.25, -0.2) is 0 Å². The lowest BCUT2D eigenvalue weighted by Gasteiger charge is -2.10. The van der Waals surface area contributed by atoms with E-state index in [4.69, 9.17) is 9.47 Å². The Morgan fingerprint density at radius 3 is 2.00 bits per heavy atom. The number of unbranched alkanes of at least 4 members (excludes halogenated alkanes) is 4. The van der Waals surface area contributed by atoms with E-state index in [1.54, 1.807) is 0 Å². The average Bonchev–Trinajstić information content (AvgIpc) is 2.87. The first kappa shape index (κ1) is 25.2. The van der Waals surface area contributed by atoms with Crippen molar-refractivity contribution in [2.45, 2.75) is 45.4 Å². The van der Waals surface area contributed by atoms with Crippen molar-refractivity contribution in [1.29, 1.82) is 0 Å². The maximum atomic E-state index is 12.3. The van der Waals surface area contributed by atoms with Crippen LogP contribution in [-0.2, 0) is 11.2 Å². The molecular formula is C29H36N2O3. The molecule has 0 heterocycles. The van der Waals surface area contributed by atoms with Crippen LogP contribution < -0.4 is 20.1 Å². The first-order chi connectivity index (χ1) is 16.7. The molecule has 0 radical (unpaired) electrons. The highest BCUT2D eigenvalue weighted by Crippen LogP contribution is 2.18. The monoisotopic (exact) mass is 460 g/mol. The second kappa shape index (κ2) is 14.6. The van der Waals surface area contributed by atoms with Crippen molar-refractivity contribution in [3.63, 3.8) is 0 Å². The van der Waals surface area contributed by atoms with Crippen molar-refractivity contribution < 1.29 is 14.3 Å². The molecular weight excluding hydrogens is 424 g/mol. The first-order valence-electron chi connectivity index (χ1n) is 12.3. The highest BCUT2D eigenvalue weighted by Gasteiger charge is 2.04. The molecule has 2 N–H and O–H groups in total. The summed E-state index contributed by atoms with van der Waals surface area (Å²) in [6.07, 6.45) is 6.96. The van der Waals surface area contributed by atoms with Gasteiger partial charge in [-0.1, -0.05) is 62.9 Å². The van der Waals surface area contributed by atoms with Crippen molar-refractivity contribution in [2.24, 2.45) is 0 Å². The number of anilines is 2. The minimum absolute atomic E-state index is 0.104. The molecule has 3 aromatic carbocycles. The zero-order chi connectivity index (χ0) is 23.8. The van der Waals surface area contributed by atoms with E-state index in [0.29, 0.717) is 6.61 Å². The summed E-state index contributed by atoms with van der Waals surface area (Å²) in [4.78, 5) is 12.3. The van der Waals surface area contributed by atoms with Gasteiger partial charge in [0, 0.05) is 17.8 Å². The summed E-state index contributed by atoms with van der Waals surface area (Å²) in [7, 11) is 0. The first-order valence-corrected chi connectivity index (χ1v) is 12.3. The lowest BCUT2D eigenvalue weighted by atomic mass is 10.2. The number of ether oxygens (including phenoxy) is 2. The lowest BCUT2D eigenvalue weighted by molar-refractivity contribution is -0.114. The smallest absolute Gasteiger partial charge is 0.243 e. The molecule has 0 bridgehead atoms. The minimum Gasteiger partial charge on any atom is -0.494 e. The third-order valence-electron chi connectivity index (χ3n) is 5.46. The molecule has 34 heavy (non-hydrogen) atoms. The van der Waals surface area contributed by atoms with Crippen LogP contribution in [0, 0.1) is 0 Å². The van der Waals surface area contributed by atoms with E-state index in [-0.39, 0.29) is 12.5 Å². The normalized spacial score (nSPS) is 10.5. The molecule has 0 aliphatic heterocycles. The number of benzene rings is 3. The molecule has 0 fully saturated rings. The van der Waals surface area contributed by atoms with Crippen LogP contribution in [0.4, 0.5) is 11.4 Å². The standard InChI is InChI=1S/C29H36N2O3/c1-2-3-4-5-9-21-33-27-18-14-26(15-19-27)31-29(32)23-30-25-12-16-28(17-13-25)34-22-20-24-10-7-6-8-11-24/h6-8,10-19,30H,2-5,9,20-23H2,1H3,(H,31,32). The maximum Gasteiger partial charge on any atom is 0.243 e. The summed E-state index contributed by atoms with van der Waals surface area (Å²) in [5.41, 5.74) is 2.88. The Labute approximate surface area is 203 Å². The molecule has 5 heteroatoms. The highest BCUT2D eigenvalue weighted by atomic mass is 16.5. The molecule has 0 aliphatic rings. The fourth-order valence-electron chi connectivity index (χ4n) is 3.52. The van der Waals surface area contributed by atoms with Crippen molar-refractivity contribution >= 4 is 17.3 Å². The Morgan fingerprint density at radius 1 is 0.706 bits per heavy atom. The van der Waals surface area contributed by atoms with E-state index >= 15 is 0 Å². The molecule has 3 aromatic rings. The Morgan fingerprint density at radius 2 is 1.32 bits per heavy atom. The maximum absolute atomic E-state index is 12.3. The zero-order valence-electron chi connectivity index (χ0n) is 20.1. The van der Waals surface area contributed by atoms with Gasteiger partial charge in [-0.05, 0) is 60.5 Å². The summed E-state index contributed by atoms with van der Waals surface area (Å²) >= 11 is 0. The molecule has 1 amide bonds. The van der Waals surface area contributed by atoms with E-state index in [2.05, 4.69) is 29.7 Å². The second-order valence-corrected chi connectivity index (χ2v) is 8.30. The zero-order valence-corrected chi connectivity index (χ0v) is 20.1. The summed E-state index contributed by atoms with van der Waals surface area (Å²) in [6, 6.07) is 25.5. The van der Waals surface area contributed by atoms with E-state index < -0.39 is 0 Å². The Hall–Kier alpha value is -3.47. The van der Waals surface area contributed by atoms with Crippen LogP contribution in [0.15, 0.2) is 78.9 Å². The van der Waals surface area contributed by atoms with Gasteiger partial charge in [0.05, 0.1) is 19.8 Å². The molecule has 5 nitrogen and oxygen atoms in total. The van der Waals surface area contributed by atoms with Gasteiger partial charge in [0.2, 0.25) is 5.91 Å². The van der Waals surface area contributed by atoms with Gasteiger partial charge < -0.3 is 20.1 Å². The predicted molar refractivity (Wildman–Crippen MR) is 140 cm³/mol. The van der Waals surface area contributed by atoms with Crippen molar-refractivity contribution in [3.8, 4) is 11.5 Å². The number of amides is 1. The molecule has 0 aliphatic carbocycles. The molecule has 3 rings (SSSR count). The van der Waals surface area contributed by atoms with E-state index in [1.807, 2.05) is 66.7 Å². The molecule has 0 atom stereocenters. The SMILES string of the molecule is CCCCCCCOc1ccc(NC(=O)CNc2ccc(OCCc3ccccc3)cc2)cc1. The number of rotatable bonds is 15. The van der Waals surface area contributed by atoms with Crippen LogP contribution in [0.1, 0.15) is 44.6 Å². The van der Waals surface area contributed by atoms with Crippen molar-refractivity contribution in [2.75, 3.05) is 30.4 Å². The Kier molecular flexibility index (Phi) is 10.8. The van der Waals surface area contributed by atoms with Gasteiger partial charge in [-0.2, -0.15) is 0 Å². The fourth-order valence-corrected chi connectivity index (χ4v) is 3.52. The molecule has 180 valence electrons. The summed E-state index contributed by atoms with van der Waals surface area (Å²) in [6.45, 7) is 3.76. The van der Waals surface area contributed by atoms with Crippen LogP contribution in [-0.4, -0.2) is 25.7 Å². The van der Waals surface area contributed by atoms with Gasteiger partial charge >= 0.3 is 0 Å². The molecule has 0 spiro atoms. The number of carbonyl (C=O) groups excluding carboxylic acids is 1. The summed E-state index contributed by atoms with van der Waals surface area (Å²) < 4.78 is 11.6.